The van der Waals surface area contributed by atoms with Gasteiger partial charge in [-0.05, 0) is 31.0 Å². The highest BCUT2D eigenvalue weighted by molar-refractivity contribution is 6.13. The number of hydrogen-bond donors (Lipinski definition) is 1. The number of hydrogen-bond acceptors (Lipinski definition) is 5. The number of amides is 1. The van der Waals surface area contributed by atoms with Gasteiger partial charge in [0.1, 0.15) is 12.0 Å². The molecule has 0 radical (unpaired) electrons. The first-order valence-corrected chi connectivity index (χ1v) is 8.03. The molecule has 1 aliphatic heterocycles. The van der Waals surface area contributed by atoms with Crippen molar-refractivity contribution >= 4 is 28.3 Å². The lowest BCUT2D eigenvalue weighted by molar-refractivity contribution is 0.102. The predicted octanol–water partition coefficient (Wildman–Crippen LogP) is 2.88. The molecule has 0 spiro atoms. The van der Waals surface area contributed by atoms with Gasteiger partial charge in [-0.1, -0.05) is 12.1 Å². The lowest BCUT2D eigenvalue weighted by atomic mass is 10.1. The highest BCUT2D eigenvalue weighted by Crippen LogP contribution is 2.26. The Morgan fingerprint density at radius 2 is 1.96 bits per heavy atom. The van der Waals surface area contributed by atoms with Gasteiger partial charge in [-0.2, -0.15) is 0 Å². The summed E-state index contributed by atoms with van der Waals surface area (Å²) >= 11 is 0. The minimum absolute atomic E-state index is 0.177. The van der Waals surface area contributed by atoms with Crippen LogP contribution in [0, 0.1) is 0 Å². The van der Waals surface area contributed by atoms with Crippen molar-refractivity contribution in [3.63, 3.8) is 0 Å². The molecule has 1 saturated heterocycles. The van der Waals surface area contributed by atoms with Gasteiger partial charge in [0.25, 0.3) is 5.91 Å². The van der Waals surface area contributed by atoms with Crippen LogP contribution in [0.1, 0.15) is 23.2 Å². The normalized spacial score (nSPS) is 14.1. The van der Waals surface area contributed by atoms with E-state index in [0.29, 0.717) is 11.3 Å². The standard InChI is InChI=1S/C18H17N5O/c24-18(14-5-3-7-15-13(14)6-4-8-20-15)22-16-11-19-12-21-17(16)23-9-1-2-10-23/h3-8,11-12H,1-2,9-10H2,(H,22,24). The van der Waals surface area contributed by atoms with Gasteiger partial charge < -0.3 is 10.2 Å². The Kier molecular flexibility index (Phi) is 3.78. The maximum absolute atomic E-state index is 12.8. The highest BCUT2D eigenvalue weighted by Gasteiger charge is 2.19. The van der Waals surface area contributed by atoms with Crippen molar-refractivity contribution in [2.75, 3.05) is 23.3 Å². The molecule has 3 heterocycles. The number of carbonyl (C=O) groups excluding carboxylic acids is 1. The van der Waals surface area contributed by atoms with Crippen molar-refractivity contribution in [1.29, 1.82) is 0 Å². The van der Waals surface area contributed by atoms with Crippen LogP contribution in [0.15, 0.2) is 49.1 Å². The Balaban J connectivity index is 1.67. The molecule has 0 saturated carbocycles. The van der Waals surface area contributed by atoms with E-state index in [0.717, 1.165) is 42.7 Å². The van der Waals surface area contributed by atoms with Gasteiger partial charge in [0, 0.05) is 30.2 Å². The van der Waals surface area contributed by atoms with E-state index in [1.54, 1.807) is 18.5 Å². The topological polar surface area (TPSA) is 71.0 Å². The van der Waals surface area contributed by atoms with E-state index < -0.39 is 0 Å². The number of fused-ring (bicyclic) bond motifs is 1. The van der Waals surface area contributed by atoms with Crippen LogP contribution in [0.2, 0.25) is 0 Å². The largest absolute Gasteiger partial charge is 0.355 e. The third-order valence-electron chi connectivity index (χ3n) is 4.24. The fraction of sp³-hybridized carbons (Fsp3) is 0.222. The average Bonchev–Trinajstić information content (AvgIpc) is 3.16. The van der Waals surface area contributed by atoms with E-state index >= 15 is 0 Å². The number of carbonyl (C=O) groups is 1. The Labute approximate surface area is 139 Å². The van der Waals surface area contributed by atoms with Crippen LogP contribution in [-0.4, -0.2) is 33.9 Å². The van der Waals surface area contributed by atoms with Gasteiger partial charge in [-0.25, -0.2) is 9.97 Å². The summed E-state index contributed by atoms with van der Waals surface area (Å²) in [6.45, 7) is 1.91. The lowest BCUT2D eigenvalue weighted by Gasteiger charge is -2.19. The molecule has 3 aromatic rings. The molecule has 2 aromatic heterocycles. The smallest absolute Gasteiger partial charge is 0.256 e. The fourth-order valence-electron chi connectivity index (χ4n) is 3.08. The van der Waals surface area contributed by atoms with Gasteiger partial charge in [-0.3, -0.25) is 9.78 Å². The van der Waals surface area contributed by atoms with Crippen LogP contribution in [0.4, 0.5) is 11.5 Å². The van der Waals surface area contributed by atoms with Crippen LogP contribution in [-0.2, 0) is 0 Å². The predicted molar refractivity (Wildman–Crippen MR) is 93.2 cm³/mol. The quantitative estimate of drug-likeness (QED) is 0.804. The number of nitrogens with zero attached hydrogens (tertiary/aromatic N) is 4. The molecule has 0 atom stereocenters. The van der Waals surface area contributed by atoms with Crippen molar-refractivity contribution < 1.29 is 4.79 Å². The minimum Gasteiger partial charge on any atom is -0.355 e. The van der Waals surface area contributed by atoms with Gasteiger partial charge in [0.05, 0.1) is 11.7 Å². The molecule has 1 N–H and O–H groups in total. The zero-order valence-corrected chi connectivity index (χ0v) is 13.1. The molecule has 1 amide bonds. The molecule has 1 aromatic carbocycles. The first-order chi connectivity index (χ1) is 11.8. The number of aromatic nitrogens is 3. The second-order valence-corrected chi connectivity index (χ2v) is 5.78. The number of rotatable bonds is 3. The van der Waals surface area contributed by atoms with Crippen LogP contribution in [0.3, 0.4) is 0 Å². The first-order valence-electron chi connectivity index (χ1n) is 8.03. The van der Waals surface area contributed by atoms with E-state index in [1.807, 2.05) is 24.3 Å². The Bertz CT molecular complexity index is 884. The number of nitrogens with one attached hydrogen (secondary N) is 1. The van der Waals surface area contributed by atoms with Gasteiger partial charge in [0.2, 0.25) is 0 Å². The van der Waals surface area contributed by atoms with Crippen molar-refractivity contribution in [3.05, 3.63) is 54.6 Å². The molecule has 24 heavy (non-hydrogen) atoms. The van der Waals surface area contributed by atoms with E-state index in [1.165, 1.54) is 6.33 Å². The molecule has 120 valence electrons. The molecule has 1 aliphatic rings. The molecule has 6 heteroatoms. The van der Waals surface area contributed by atoms with E-state index in [-0.39, 0.29) is 5.91 Å². The highest BCUT2D eigenvalue weighted by atomic mass is 16.1. The zero-order chi connectivity index (χ0) is 16.4. The van der Waals surface area contributed by atoms with E-state index in [2.05, 4.69) is 25.2 Å². The molecular formula is C18H17N5O. The summed E-state index contributed by atoms with van der Waals surface area (Å²) < 4.78 is 0. The lowest BCUT2D eigenvalue weighted by Crippen LogP contribution is -2.22. The number of benzene rings is 1. The molecule has 1 fully saturated rings. The SMILES string of the molecule is O=C(Nc1cncnc1N1CCCC1)c1cccc2ncccc12. The summed E-state index contributed by atoms with van der Waals surface area (Å²) in [6, 6.07) is 9.28. The van der Waals surface area contributed by atoms with Crippen LogP contribution in [0.5, 0.6) is 0 Å². The molecule has 4 rings (SSSR count). The Morgan fingerprint density at radius 3 is 2.83 bits per heavy atom. The third-order valence-corrected chi connectivity index (χ3v) is 4.24. The maximum Gasteiger partial charge on any atom is 0.256 e. The summed E-state index contributed by atoms with van der Waals surface area (Å²) in [6.07, 6.45) is 7.19. The van der Waals surface area contributed by atoms with E-state index in [4.69, 9.17) is 0 Å². The fourth-order valence-corrected chi connectivity index (χ4v) is 3.08. The first kappa shape index (κ1) is 14.6. The molecule has 0 bridgehead atoms. The van der Waals surface area contributed by atoms with Gasteiger partial charge >= 0.3 is 0 Å². The molecule has 0 aliphatic carbocycles. The van der Waals surface area contributed by atoms with Crippen LogP contribution < -0.4 is 10.2 Å². The third kappa shape index (κ3) is 2.67. The molecular weight excluding hydrogens is 302 g/mol. The van der Waals surface area contributed by atoms with Crippen LogP contribution >= 0.6 is 0 Å². The van der Waals surface area contributed by atoms with Crippen molar-refractivity contribution in [3.8, 4) is 0 Å². The summed E-state index contributed by atoms with van der Waals surface area (Å²) in [7, 11) is 0. The van der Waals surface area contributed by atoms with Crippen molar-refractivity contribution in [1.82, 2.24) is 15.0 Å². The van der Waals surface area contributed by atoms with Gasteiger partial charge in [-0.15, -0.1) is 0 Å². The average molecular weight is 319 g/mol. The summed E-state index contributed by atoms with van der Waals surface area (Å²) in [5.74, 6) is 0.609. The second-order valence-electron chi connectivity index (χ2n) is 5.78. The van der Waals surface area contributed by atoms with Crippen molar-refractivity contribution in [2.24, 2.45) is 0 Å². The summed E-state index contributed by atoms with van der Waals surface area (Å²) in [5, 5.41) is 3.79. The zero-order valence-electron chi connectivity index (χ0n) is 13.1. The molecule has 6 nitrogen and oxygen atoms in total. The molecule has 0 unspecified atom stereocenters. The summed E-state index contributed by atoms with van der Waals surface area (Å²) in [5.41, 5.74) is 2.04. The summed E-state index contributed by atoms with van der Waals surface area (Å²) in [4.78, 5) is 27.7. The Morgan fingerprint density at radius 1 is 1.08 bits per heavy atom. The van der Waals surface area contributed by atoms with E-state index in [9.17, 15) is 4.79 Å². The van der Waals surface area contributed by atoms with Gasteiger partial charge in [0.15, 0.2) is 5.82 Å². The van der Waals surface area contributed by atoms with Crippen LogP contribution in [0.25, 0.3) is 10.9 Å². The van der Waals surface area contributed by atoms with Crippen molar-refractivity contribution in [2.45, 2.75) is 12.8 Å². The minimum atomic E-state index is -0.177. The Hall–Kier alpha value is -3.02. The number of pyridine rings is 1. The second kappa shape index (κ2) is 6.23. The maximum atomic E-state index is 12.8. The monoisotopic (exact) mass is 319 g/mol. The number of anilines is 2.